The summed E-state index contributed by atoms with van der Waals surface area (Å²) in [5.74, 6) is 0.302. The fourth-order valence-electron chi connectivity index (χ4n) is 2.72. The Morgan fingerprint density at radius 2 is 1.75 bits per heavy atom. The molecule has 2 rings (SSSR count). The molecule has 0 spiro atoms. The Balaban J connectivity index is 2.32. The molecule has 1 atom stereocenters. The number of methoxy groups -OCH3 is 1. The third-order valence-corrected chi connectivity index (χ3v) is 4.15. The molecule has 4 nitrogen and oxygen atoms in total. The highest BCUT2D eigenvalue weighted by atomic mass is 16.5. The first kappa shape index (κ1) is 17.9. The number of ether oxygens (including phenoxy) is 2. The lowest BCUT2D eigenvalue weighted by Crippen LogP contribution is -2.30. The topological polar surface area (TPSA) is 55.8 Å². The van der Waals surface area contributed by atoms with Crippen LogP contribution in [-0.2, 0) is 11.2 Å². The maximum atomic E-state index is 11.7. The van der Waals surface area contributed by atoms with E-state index >= 15 is 0 Å². The first-order valence-electron chi connectivity index (χ1n) is 7.92. The molecular formula is C20H24O4. The standard InChI is InChI=1S/C20H24O4/c1-12-6-7-17(23-5)16(9-12)11-19(20(21)22)24-18-10-13(2)8-14(3)15(18)4/h6-10,19H,11H2,1-5H3,(H,21,22)/t19-/m1/s1. The maximum absolute atomic E-state index is 11.7. The second kappa shape index (κ2) is 7.39. The van der Waals surface area contributed by atoms with Gasteiger partial charge in [0.05, 0.1) is 7.11 Å². The van der Waals surface area contributed by atoms with Gasteiger partial charge in [-0.15, -0.1) is 0 Å². The van der Waals surface area contributed by atoms with E-state index in [0.29, 0.717) is 11.5 Å². The average Bonchev–Trinajstić information content (AvgIpc) is 2.51. The molecule has 0 aliphatic heterocycles. The van der Waals surface area contributed by atoms with Gasteiger partial charge in [-0.1, -0.05) is 23.8 Å². The van der Waals surface area contributed by atoms with E-state index in [2.05, 4.69) is 6.07 Å². The van der Waals surface area contributed by atoms with Crippen molar-refractivity contribution in [2.24, 2.45) is 0 Å². The lowest BCUT2D eigenvalue weighted by Gasteiger charge is -2.19. The van der Waals surface area contributed by atoms with Crippen molar-refractivity contribution in [1.29, 1.82) is 0 Å². The summed E-state index contributed by atoms with van der Waals surface area (Å²) in [6.45, 7) is 7.87. The zero-order valence-corrected chi connectivity index (χ0v) is 14.8. The molecule has 2 aromatic carbocycles. The van der Waals surface area contributed by atoms with E-state index in [1.54, 1.807) is 7.11 Å². The first-order chi connectivity index (χ1) is 11.3. The summed E-state index contributed by atoms with van der Waals surface area (Å²) in [5, 5.41) is 9.59. The van der Waals surface area contributed by atoms with Crippen LogP contribution in [0.3, 0.4) is 0 Å². The molecule has 0 aromatic heterocycles. The van der Waals surface area contributed by atoms with Crippen LogP contribution in [0.25, 0.3) is 0 Å². The van der Waals surface area contributed by atoms with E-state index in [0.717, 1.165) is 27.8 Å². The van der Waals surface area contributed by atoms with Crippen molar-refractivity contribution in [2.45, 2.75) is 40.2 Å². The predicted octanol–water partition coefficient (Wildman–Crippen LogP) is 4.00. The Hall–Kier alpha value is -2.49. The average molecular weight is 328 g/mol. The third kappa shape index (κ3) is 4.07. The summed E-state index contributed by atoms with van der Waals surface area (Å²) in [7, 11) is 1.58. The van der Waals surface area contributed by atoms with E-state index in [-0.39, 0.29) is 6.42 Å². The van der Waals surface area contributed by atoms with E-state index < -0.39 is 12.1 Å². The lowest BCUT2D eigenvalue weighted by atomic mass is 10.0. The normalized spacial score (nSPS) is 11.9. The van der Waals surface area contributed by atoms with Gasteiger partial charge < -0.3 is 14.6 Å². The number of carbonyl (C=O) groups is 1. The second-order valence-electron chi connectivity index (χ2n) is 6.17. The largest absolute Gasteiger partial charge is 0.496 e. The van der Waals surface area contributed by atoms with E-state index in [4.69, 9.17) is 9.47 Å². The van der Waals surface area contributed by atoms with Crippen LogP contribution in [0.1, 0.15) is 27.8 Å². The molecule has 0 saturated carbocycles. The smallest absolute Gasteiger partial charge is 0.345 e. The van der Waals surface area contributed by atoms with Crippen LogP contribution in [0.15, 0.2) is 30.3 Å². The molecular weight excluding hydrogens is 304 g/mol. The number of carboxylic acid groups (broad SMARTS) is 1. The van der Waals surface area contributed by atoms with Gasteiger partial charge in [-0.3, -0.25) is 0 Å². The molecule has 0 saturated heterocycles. The van der Waals surface area contributed by atoms with Gasteiger partial charge in [-0.05, 0) is 62.1 Å². The van der Waals surface area contributed by atoms with Gasteiger partial charge in [0.15, 0.2) is 6.10 Å². The predicted molar refractivity (Wildman–Crippen MR) is 94.1 cm³/mol. The summed E-state index contributed by atoms with van der Waals surface area (Å²) in [6, 6.07) is 9.67. The van der Waals surface area contributed by atoms with Gasteiger partial charge in [-0.25, -0.2) is 4.79 Å². The van der Waals surface area contributed by atoms with Crippen molar-refractivity contribution in [3.63, 3.8) is 0 Å². The number of hydrogen-bond donors (Lipinski definition) is 1. The maximum Gasteiger partial charge on any atom is 0.345 e. The van der Waals surface area contributed by atoms with Crippen molar-refractivity contribution in [3.8, 4) is 11.5 Å². The summed E-state index contributed by atoms with van der Waals surface area (Å²) in [4.78, 5) is 11.7. The minimum absolute atomic E-state index is 0.243. The van der Waals surface area contributed by atoms with Crippen LogP contribution < -0.4 is 9.47 Å². The van der Waals surface area contributed by atoms with E-state index in [1.807, 2.05) is 52.0 Å². The van der Waals surface area contributed by atoms with Crippen molar-refractivity contribution in [3.05, 3.63) is 58.1 Å². The molecule has 0 unspecified atom stereocenters. The molecule has 4 heteroatoms. The summed E-state index contributed by atoms with van der Waals surface area (Å²) in [6.07, 6.45) is -0.729. The second-order valence-corrected chi connectivity index (χ2v) is 6.17. The van der Waals surface area contributed by atoms with Crippen molar-refractivity contribution in [2.75, 3.05) is 7.11 Å². The molecule has 24 heavy (non-hydrogen) atoms. The van der Waals surface area contributed by atoms with Crippen LogP contribution in [-0.4, -0.2) is 24.3 Å². The molecule has 0 bridgehead atoms. The number of aryl methyl sites for hydroxylation is 3. The molecule has 0 fully saturated rings. The monoisotopic (exact) mass is 328 g/mol. The van der Waals surface area contributed by atoms with Crippen LogP contribution in [0.4, 0.5) is 0 Å². The van der Waals surface area contributed by atoms with Gasteiger partial charge in [0.2, 0.25) is 0 Å². The Morgan fingerprint density at radius 1 is 1.04 bits per heavy atom. The molecule has 128 valence electrons. The van der Waals surface area contributed by atoms with Crippen LogP contribution in [0.5, 0.6) is 11.5 Å². The van der Waals surface area contributed by atoms with Crippen molar-refractivity contribution < 1.29 is 19.4 Å². The zero-order valence-electron chi connectivity index (χ0n) is 14.8. The summed E-state index contributed by atoms with van der Waals surface area (Å²) >= 11 is 0. The van der Waals surface area contributed by atoms with Crippen molar-refractivity contribution in [1.82, 2.24) is 0 Å². The minimum Gasteiger partial charge on any atom is -0.496 e. The van der Waals surface area contributed by atoms with Crippen LogP contribution in [0, 0.1) is 27.7 Å². The highest BCUT2D eigenvalue weighted by Crippen LogP contribution is 2.27. The summed E-state index contributed by atoms with van der Waals surface area (Å²) < 4.78 is 11.2. The van der Waals surface area contributed by atoms with E-state index in [1.165, 1.54) is 0 Å². The highest BCUT2D eigenvalue weighted by Gasteiger charge is 2.23. The first-order valence-corrected chi connectivity index (χ1v) is 7.92. The number of carboxylic acids is 1. The van der Waals surface area contributed by atoms with Crippen molar-refractivity contribution >= 4 is 5.97 Å². The van der Waals surface area contributed by atoms with E-state index in [9.17, 15) is 9.90 Å². The number of benzene rings is 2. The van der Waals surface area contributed by atoms with Gasteiger partial charge in [0, 0.05) is 6.42 Å². The van der Waals surface area contributed by atoms with Gasteiger partial charge in [-0.2, -0.15) is 0 Å². The van der Waals surface area contributed by atoms with Crippen LogP contribution >= 0.6 is 0 Å². The highest BCUT2D eigenvalue weighted by molar-refractivity contribution is 5.73. The molecule has 0 aliphatic carbocycles. The fourth-order valence-corrected chi connectivity index (χ4v) is 2.72. The minimum atomic E-state index is -0.989. The Labute approximate surface area is 143 Å². The van der Waals surface area contributed by atoms with Crippen LogP contribution in [0.2, 0.25) is 0 Å². The summed E-state index contributed by atoms with van der Waals surface area (Å²) in [5.41, 5.74) is 4.97. The molecule has 0 amide bonds. The molecule has 1 N–H and O–H groups in total. The van der Waals surface area contributed by atoms with Gasteiger partial charge in [0.25, 0.3) is 0 Å². The number of hydrogen-bond acceptors (Lipinski definition) is 3. The van der Waals surface area contributed by atoms with Gasteiger partial charge >= 0.3 is 5.97 Å². The number of aliphatic carboxylic acids is 1. The fraction of sp³-hybridized carbons (Fsp3) is 0.350. The van der Waals surface area contributed by atoms with Gasteiger partial charge in [0.1, 0.15) is 11.5 Å². The number of rotatable bonds is 6. The zero-order chi connectivity index (χ0) is 17.9. The Kier molecular flexibility index (Phi) is 5.50. The Bertz CT molecular complexity index is 750. The molecule has 0 aliphatic rings. The SMILES string of the molecule is COc1ccc(C)cc1C[C@@H](Oc1cc(C)cc(C)c1C)C(=O)O. The lowest BCUT2D eigenvalue weighted by molar-refractivity contribution is -0.145. The molecule has 0 radical (unpaired) electrons. The molecule has 0 heterocycles. The Morgan fingerprint density at radius 3 is 2.38 bits per heavy atom. The quantitative estimate of drug-likeness (QED) is 0.870. The molecule has 2 aromatic rings. The third-order valence-electron chi connectivity index (χ3n) is 4.15.